The van der Waals surface area contributed by atoms with Gasteiger partial charge in [-0.3, -0.25) is 4.98 Å². The lowest BCUT2D eigenvalue weighted by atomic mass is 9.89. The lowest BCUT2D eigenvalue weighted by molar-refractivity contribution is 0.611. The van der Waals surface area contributed by atoms with Crippen molar-refractivity contribution < 1.29 is 0 Å². The van der Waals surface area contributed by atoms with Crippen LogP contribution >= 0.6 is 0 Å². The Balaban J connectivity index is 2.02. The molecule has 0 saturated carbocycles. The number of nitrogens with one attached hydrogen (secondary N) is 1. The van der Waals surface area contributed by atoms with Gasteiger partial charge in [0.25, 0.3) is 0 Å². The molecule has 2 nitrogen and oxygen atoms in total. The molecular weight excluding hydrogens is 256 g/mol. The van der Waals surface area contributed by atoms with Crippen LogP contribution in [0.4, 0.5) is 0 Å². The average Bonchev–Trinajstić information content (AvgIpc) is 2.72. The third kappa shape index (κ3) is 2.22. The van der Waals surface area contributed by atoms with E-state index >= 15 is 0 Å². The molecule has 2 heterocycles. The predicted octanol–water partition coefficient (Wildman–Crippen LogP) is 3.75. The highest BCUT2D eigenvalue weighted by Crippen LogP contribution is 2.36. The molecule has 21 heavy (non-hydrogen) atoms. The van der Waals surface area contributed by atoms with Gasteiger partial charge in [0.1, 0.15) is 0 Å². The topological polar surface area (TPSA) is 24.9 Å². The van der Waals surface area contributed by atoms with Crippen LogP contribution in [0.15, 0.2) is 48.2 Å². The Morgan fingerprint density at radius 1 is 0.857 bits per heavy atom. The largest absolute Gasteiger partial charge is 0.316 e. The Morgan fingerprint density at radius 3 is 2.52 bits per heavy atom. The van der Waals surface area contributed by atoms with E-state index in [2.05, 4.69) is 47.8 Å². The third-order valence-corrected chi connectivity index (χ3v) is 4.31. The molecule has 1 saturated heterocycles. The van der Waals surface area contributed by atoms with Gasteiger partial charge in [0.05, 0.1) is 5.69 Å². The summed E-state index contributed by atoms with van der Waals surface area (Å²) < 4.78 is 0. The lowest BCUT2D eigenvalue weighted by Gasteiger charge is -2.21. The zero-order chi connectivity index (χ0) is 14.1. The van der Waals surface area contributed by atoms with E-state index in [9.17, 15) is 0 Å². The predicted molar refractivity (Wildman–Crippen MR) is 87.7 cm³/mol. The summed E-state index contributed by atoms with van der Waals surface area (Å²) in [5, 5.41) is 3.45. The fourth-order valence-electron chi connectivity index (χ4n) is 3.27. The van der Waals surface area contributed by atoms with Crippen LogP contribution in [0.5, 0.6) is 0 Å². The van der Waals surface area contributed by atoms with Crippen molar-refractivity contribution >= 4 is 17.7 Å². The minimum absolute atomic E-state index is 1.07. The minimum atomic E-state index is 1.07. The summed E-state index contributed by atoms with van der Waals surface area (Å²) >= 11 is 0. The molecule has 0 bridgehead atoms. The number of fused-ring (bicyclic) bond motifs is 2. The molecule has 0 atom stereocenters. The maximum Gasteiger partial charge on any atom is 0.0780 e. The highest BCUT2D eigenvalue weighted by atomic mass is 14.9. The molecular formula is C19H18N2. The van der Waals surface area contributed by atoms with E-state index in [1.807, 2.05) is 12.3 Å². The summed E-state index contributed by atoms with van der Waals surface area (Å²) in [7, 11) is 0. The molecule has 2 heteroatoms. The van der Waals surface area contributed by atoms with Crippen LogP contribution in [0, 0.1) is 0 Å². The van der Waals surface area contributed by atoms with Gasteiger partial charge >= 0.3 is 0 Å². The number of aromatic nitrogens is 1. The van der Waals surface area contributed by atoms with Crippen molar-refractivity contribution in [2.24, 2.45) is 0 Å². The second kappa shape index (κ2) is 5.30. The van der Waals surface area contributed by atoms with Gasteiger partial charge in [-0.25, -0.2) is 0 Å². The quantitative estimate of drug-likeness (QED) is 0.675. The molecule has 1 aromatic carbocycles. The van der Waals surface area contributed by atoms with Gasteiger partial charge in [-0.2, -0.15) is 0 Å². The highest BCUT2D eigenvalue weighted by Gasteiger charge is 2.20. The number of nitrogens with zero attached hydrogens (tertiary/aromatic N) is 1. The summed E-state index contributed by atoms with van der Waals surface area (Å²) in [6.45, 7) is 2.13. The summed E-state index contributed by atoms with van der Waals surface area (Å²) in [4.78, 5) is 4.71. The Hall–Kier alpha value is -2.19. The molecule has 1 aliphatic heterocycles. The smallest absolute Gasteiger partial charge is 0.0780 e. The first-order chi connectivity index (χ1) is 10.4. The fourth-order valence-corrected chi connectivity index (χ4v) is 3.27. The molecule has 104 valence electrons. The van der Waals surface area contributed by atoms with Crippen LogP contribution in [-0.2, 0) is 0 Å². The molecule has 1 aromatic heterocycles. The fraction of sp³-hybridized carbons (Fsp3) is 0.211. The van der Waals surface area contributed by atoms with Crippen molar-refractivity contribution in [2.45, 2.75) is 12.8 Å². The van der Waals surface area contributed by atoms with Gasteiger partial charge in [0.15, 0.2) is 0 Å². The van der Waals surface area contributed by atoms with Crippen molar-refractivity contribution in [1.82, 2.24) is 10.3 Å². The maximum absolute atomic E-state index is 4.71. The summed E-state index contributed by atoms with van der Waals surface area (Å²) in [6.07, 6.45) is 8.53. The summed E-state index contributed by atoms with van der Waals surface area (Å²) in [5.41, 5.74) is 7.85. The molecule has 2 aromatic rings. The van der Waals surface area contributed by atoms with E-state index in [0.29, 0.717) is 0 Å². The Labute approximate surface area is 125 Å². The van der Waals surface area contributed by atoms with Crippen molar-refractivity contribution in [2.75, 3.05) is 13.1 Å². The van der Waals surface area contributed by atoms with Crippen molar-refractivity contribution in [3.63, 3.8) is 0 Å². The van der Waals surface area contributed by atoms with E-state index < -0.39 is 0 Å². The standard InChI is InChI=1S/C19H18N2/c1-2-6-17-14(4-1)7-8-16-5-3-11-21-19(16)18(17)15-9-12-20-13-10-15/h1-8,11,20H,9-10,12-13H2. The number of benzene rings is 1. The second-order valence-corrected chi connectivity index (χ2v) is 5.59. The zero-order valence-electron chi connectivity index (χ0n) is 12.0. The molecule has 1 N–H and O–H groups in total. The monoisotopic (exact) mass is 274 g/mol. The Kier molecular flexibility index (Phi) is 3.17. The van der Waals surface area contributed by atoms with E-state index in [-0.39, 0.29) is 0 Å². The average molecular weight is 274 g/mol. The molecule has 0 radical (unpaired) electrons. The highest BCUT2D eigenvalue weighted by molar-refractivity contribution is 5.93. The molecule has 4 rings (SSSR count). The van der Waals surface area contributed by atoms with E-state index in [1.54, 1.807) is 0 Å². The Morgan fingerprint density at radius 2 is 1.62 bits per heavy atom. The van der Waals surface area contributed by atoms with E-state index in [0.717, 1.165) is 31.6 Å². The van der Waals surface area contributed by atoms with E-state index in [1.165, 1.54) is 27.8 Å². The van der Waals surface area contributed by atoms with Crippen molar-refractivity contribution in [3.8, 4) is 0 Å². The second-order valence-electron chi connectivity index (χ2n) is 5.59. The van der Waals surface area contributed by atoms with Crippen molar-refractivity contribution in [3.05, 3.63) is 70.6 Å². The van der Waals surface area contributed by atoms with Gasteiger partial charge in [-0.1, -0.05) is 48.1 Å². The minimum Gasteiger partial charge on any atom is -0.316 e. The summed E-state index contributed by atoms with van der Waals surface area (Å²) in [6, 6.07) is 12.8. The SMILES string of the molecule is C1=Cc2cccnc2C(=C2CCNCC2)c2ccccc21. The molecule has 0 amide bonds. The number of hydrogen-bond acceptors (Lipinski definition) is 2. The molecule has 0 unspecified atom stereocenters. The first kappa shape index (κ1) is 12.5. The maximum atomic E-state index is 4.71. The van der Waals surface area contributed by atoms with E-state index in [4.69, 9.17) is 4.98 Å². The Bertz CT molecular complexity index is 681. The van der Waals surface area contributed by atoms with Gasteiger partial charge in [0.2, 0.25) is 0 Å². The molecule has 2 aliphatic rings. The van der Waals surface area contributed by atoms with Crippen LogP contribution in [0.2, 0.25) is 0 Å². The van der Waals surface area contributed by atoms with Crippen molar-refractivity contribution in [1.29, 1.82) is 0 Å². The van der Waals surface area contributed by atoms with Crippen LogP contribution in [0.1, 0.15) is 35.2 Å². The van der Waals surface area contributed by atoms with Crippen LogP contribution in [-0.4, -0.2) is 18.1 Å². The van der Waals surface area contributed by atoms with Crippen LogP contribution in [0.25, 0.3) is 17.7 Å². The third-order valence-electron chi connectivity index (χ3n) is 4.31. The zero-order valence-corrected chi connectivity index (χ0v) is 12.0. The number of piperidine rings is 1. The van der Waals surface area contributed by atoms with Crippen LogP contribution in [0.3, 0.4) is 0 Å². The molecule has 1 aliphatic carbocycles. The first-order valence-corrected chi connectivity index (χ1v) is 7.59. The molecule has 1 fully saturated rings. The van der Waals surface area contributed by atoms with Crippen LogP contribution < -0.4 is 5.32 Å². The normalized spacial score (nSPS) is 17.1. The first-order valence-electron chi connectivity index (χ1n) is 7.59. The van der Waals surface area contributed by atoms with Gasteiger partial charge in [-0.15, -0.1) is 0 Å². The lowest BCUT2D eigenvalue weighted by Crippen LogP contribution is -2.24. The molecule has 0 spiro atoms. The number of hydrogen-bond donors (Lipinski definition) is 1. The number of rotatable bonds is 0. The number of pyridine rings is 1. The van der Waals surface area contributed by atoms with Gasteiger partial charge < -0.3 is 5.32 Å². The van der Waals surface area contributed by atoms with Gasteiger partial charge in [0, 0.05) is 17.3 Å². The summed E-state index contributed by atoms with van der Waals surface area (Å²) in [5.74, 6) is 0. The van der Waals surface area contributed by atoms with Gasteiger partial charge in [-0.05, 0) is 43.1 Å².